The fraction of sp³-hybridized carbons (Fsp3) is 0.100. The third-order valence-corrected chi connectivity index (χ3v) is 3.89. The van der Waals surface area contributed by atoms with E-state index in [0.29, 0.717) is 5.56 Å². The highest BCUT2D eigenvalue weighted by molar-refractivity contribution is 5.95. The molecule has 0 aliphatic carbocycles. The summed E-state index contributed by atoms with van der Waals surface area (Å²) in [5.74, 6) is 0.574. The molecule has 0 saturated carbocycles. The number of aryl methyl sites for hydroxylation is 1. The minimum absolute atomic E-state index is 0.111. The number of hydrogen-bond donors (Lipinski definition) is 2. The second-order valence-corrected chi connectivity index (χ2v) is 5.73. The fourth-order valence-electron chi connectivity index (χ4n) is 2.53. The molecule has 0 fully saturated rings. The molecule has 1 aromatic heterocycles. The van der Waals surface area contributed by atoms with Crippen molar-refractivity contribution < 1.29 is 14.6 Å². The van der Waals surface area contributed by atoms with E-state index in [1.54, 1.807) is 13.3 Å². The van der Waals surface area contributed by atoms with Crippen molar-refractivity contribution in [1.29, 1.82) is 0 Å². The Bertz CT molecular complexity index is 926. The van der Waals surface area contributed by atoms with Crippen molar-refractivity contribution in [3.05, 3.63) is 77.6 Å². The zero-order valence-electron chi connectivity index (χ0n) is 14.5. The normalized spacial score (nSPS) is 10.8. The van der Waals surface area contributed by atoms with E-state index in [1.807, 2.05) is 48.0 Å². The summed E-state index contributed by atoms with van der Waals surface area (Å²) in [5.41, 5.74) is 5.82. The molecule has 132 valence electrons. The first-order chi connectivity index (χ1) is 12.6. The standard InChI is InChI=1S/C20H19N3O3/c1-14-11-15(13-23(14)17-5-9-19(26-2)10-6-17)12-21-22-20(25)16-3-7-18(24)8-4-16/h3-13,24H,1-2H3,(H,22,25)/b21-12-. The number of nitrogens with zero attached hydrogens (tertiary/aromatic N) is 2. The van der Waals surface area contributed by atoms with E-state index >= 15 is 0 Å². The van der Waals surface area contributed by atoms with Crippen LogP contribution in [0, 0.1) is 6.92 Å². The second kappa shape index (κ2) is 7.57. The van der Waals surface area contributed by atoms with Gasteiger partial charge >= 0.3 is 0 Å². The largest absolute Gasteiger partial charge is 0.508 e. The summed E-state index contributed by atoms with van der Waals surface area (Å²) >= 11 is 0. The summed E-state index contributed by atoms with van der Waals surface area (Å²) < 4.78 is 7.20. The first kappa shape index (κ1) is 17.3. The van der Waals surface area contributed by atoms with Crippen molar-refractivity contribution in [3.8, 4) is 17.2 Å². The quantitative estimate of drug-likeness (QED) is 0.548. The summed E-state index contributed by atoms with van der Waals surface area (Å²) in [5, 5.41) is 13.2. The van der Waals surface area contributed by atoms with Gasteiger partial charge < -0.3 is 14.4 Å². The lowest BCUT2D eigenvalue weighted by Crippen LogP contribution is -2.17. The maximum atomic E-state index is 12.0. The van der Waals surface area contributed by atoms with Crippen LogP contribution in [0.25, 0.3) is 5.69 Å². The minimum Gasteiger partial charge on any atom is -0.508 e. The van der Waals surface area contributed by atoms with Crippen LogP contribution in [0.2, 0.25) is 0 Å². The van der Waals surface area contributed by atoms with Crippen LogP contribution in [0.15, 0.2) is 65.9 Å². The van der Waals surface area contributed by atoms with Gasteiger partial charge in [-0.05, 0) is 61.5 Å². The Balaban J connectivity index is 1.69. The number of methoxy groups -OCH3 is 1. The van der Waals surface area contributed by atoms with Crippen LogP contribution < -0.4 is 10.2 Å². The molecule has 3 aromatic rings. The van der Waals surface area contributed by atoms with Gasteiger partial charge in [-0.2, -0.15) is 5.10 Å². The van der Waals surface area contributed by atoms with Crippen LogP contribution in [-0.4, -0.2) is 28.9 Å². The molecule has 1 heterocycles. The zero-order valence-corrected chi connectivity index (χ0v) is 14.5. The Morgan fingerprint density at radius 3 is 2.50 bits per heavy atom. The van der Waals surface area contributed by atoms with E-state index in [-0.39, 0.29) is 11.7 Å². The Hall–Kier alpha value is -3.54. The average molecular weight is 349 g/mol. The van der Waals surface area contributed by atoms with E-state index in [1.165, 1.54) is 24.3 Å². The molecule has 3 rings (SSSR count). The Morgan fingerprint density at radius 2 is 1.85 bits per heavy atom. The smallest absolute Gasteiger partial charge is 0.271 e. The molecule has 6 heteroatoms. The number of phenols is 1. The topological polar surface area (TPSA) is 75.8 Å². The van der Waals surface area contributed by atoms with Crippen LogP contribution in [0.5, 0.6) is 11.5 Å². The Kier molecular flexibility index (Phi) is 5.03. The predicted octanol–water partition coefficient (Wildman–Crippen LogP) is 3.26. The van der Waals surface area contributed by atoms with Crippen molar-refractivity contribution in [2.45, 2.75) is 6.92 Å². The predicted molar refractivity (Wildman–Crippen MR) is 100 cm³/mol. The second-order valence-electron chi connectivity index (χ2n) is 5.73. The number of benzene rings is 2. The highest BCUT2D eigenvalue weighted by Crippen LogP contribution is 2.18. The third-order valence-electron chi connectivity index (χ3n) is 3.89. The molecule has 0 saturated heterocycles. The maximum absolute atomic E-state index is 12.0. The number of hydrazone groups is 1. The van der Waals surface area contributed by atoms with Gasteiger partial charge in [0, 0.05) is 28.7 Å². The van der Waals surface area contributed by atoms with Gasteiger partial charge in [0.05, 0.1) is 13.3 Å². The molecule has 0 radical (unpaired) electrons. The molecule has 26 heavy (non-hydrogen) atoms. The van der Waals surface area contributed by atoms with Gasteiger partial charge in [0.15, 0.2) is 0 Å². The number of carbonyl (C=O) groups excluding carboxylic acids is 1. The van der Waals surface area contributed by atoms with E-state index < -0.39 is 0 Å². The van der Waals surface area contributed by atoms with Crippen LogP contribution in [0.3, 0.4) is 0 Å². The average Bonchev–Trinajstić information content (AvgIpc) is 3.03. The fourth-order valence-corrected chi connectivity index (χ4v) is 2.53. The van der Waals surface area contributed by atoms with Crippen LogP contribution in [0.4, 0.5) is 0 Å². The number of carbonyl (C=O) groups is 1. The van der Waals surface area contributed by atoms with Crippen molar-refractivity contribution in [2.75, 3.05) is 7.11 Å². The van der Waals surface area contributed by atoms with E-state index in [9.17, 15) is 9.90 Å². The SMILES string of the molecule is COc1ccc(-n2cc(/C=N\NC(=O)c3ccc(O)cc3)cc2C)cc1. The van der Waals surface area contributed by atoms with Crippen molar-refractivity contribution in [3.63, 3.8) is 0 Å². The van der Waals surface area contributed by atoms with E-state index in [4.69, 9.17) is 4.74 Å². The lowest BCUT2D eigenvalue weighted by Gasteiger charge is -2.06. The molecule has 2 N–H and O–H groups in total. The summed E-state index contributed by atoms with van der Waals surface area (Å²) in [6.45, 7) is 2.00. The highest BCUT2D eigenvalue weighted by Gasteiger charge is 2.05. The number of aromatic nitrogens is 1. The number of phenolic OH excluding ortho intramolecular Hbond substituents is 1. The summed E-state index contributed by atoms with van der Waals surface area (Å²) in [4.78, 5) is 12.0. The van der Waals surface area contributed by atoms with Crippen LogP contribution in [0.1, 0.15) is 21.6 Å². The monoisotopic (exact) mass is 349 g/mol. The number of nitrogens with one attached hydrogen (secondary N) is 1. The Morgan fingerprint density at radius 1 is 1.15 bits per heavy atom. The van der Waals surface area contributed by atoms with E-state index in [0.717, 1.165) is 22.7 Å². The maximum Gasteiger partial charge on any atom is 0.271 e. The van der Waals surface area contributed by atoms with Gasteiger partial charge in [0.2, 0.25) is 0 Å². The molecule has 0 unspecified atom stereocenters. The highest BCUT2D eigenvalue weighted by atomic mass is 16.5. The number of amides is 1. The van der Waals surface area contributed by atoms with Gasteiger partial charge in [-0.3, -0.25) is 4.79 Å². The molecular formula is C20H19N3O3. The lowest BCUT2D eigenvalue weighted by atomic mass is 10.2. The van der Waals surface area contributed by atoms with E-state index in [2.05, 4.69) is 10.5 Å². The third kappa shape index (κ3) is 3.92. The lowest BCUT2D eigenvalue weighted by molar-refractivity contribution is 0.0955. The van der Waals surface area contributed by atoms with Gasteiger partial charge in [0.1, 0.15) is 11.5 Å². The molecule has 1 amide bonds. The molecule has 0 aliphatic heterocycles. The van der Waals surface area contributed by atoms with Crippen LogP contribution >= 0.6 is 0 Å². The number of rotatable bonds is 5. The molecule has 2 aromatic carbocycles. The van der Waals surface area contributed by atoms with Crippen molar-refractivity contribution in [1.82, 2.24) is 9.99 Å². The first-order valence-electron chi connectivity index (χ1n) is 8.02. The molecule has 0 spiro atoms. The molecule has 0 aliphatic rings. The molecule has 6 nitrogen and oxygen atoms in total. The summed E-state index contributed by atoms with van der Waals surface area (Å²) in [7, 11) is 1.64. The van der Waals surface area contributed by atoms with Gasteiger partial charge in [-0.1, -0.05) is 0 Å². The van der Waals surface area contributed by atoms with Crippen LogP contribution in [-0.2, 0) is 0 Å². The van der Waals surface area contributed by atoms with Crippen molar-refractivity contribution in [2.24, 2.45) is 5.10 Å². The number of hydrogen-bond acceptors (Lipinski definition) is 4. The first-order valence-corrected chi connectivity index (χ1v) is 8.02. The number of aromatic hydroxyl groups is 1. The summed E-state index contributed by atoms with van der Waals surface area (Å²) in [6.07, 6.45) is 3.53. The summed E-state index contributed by atoms with van der Waals surface area (Å²) in [6, 6.07) is 15.7. The van der Waals surface area contributed by atoms with Crippen molar-refractivity contribution >= 4 is 12.1 Å². The van der Waals surface area contributed by atoms with Gasteiger partial charge in [-0.25, -0.2) is 5.43 Å². The zero-order chi connectivity index (χ0) is 18.5. The van der Waals surface area contributed by atoms with Gasteiger partial charge in [-0.15, -0.1) is 0 Å². The Labute approximate surface area is 151 Å². The molecular weight excluding hydrogens is 330 g/mol. The molecule has 0 atom stereocenters. The van der Waals surface area contributed by atoms with Gasteiger partial charge in [0.25, 0.3) is 5.91 Å². The minimum atomic E-state index is -0.340. The molecule has 0 bridgehead atoms. The number of ether oxygens (including phenoxy) is 1.